The molecule has 0 spiro atoms. The van der Waals surface area contributed by atoms with Gasteiger partial charge in [-0.3, -0.25) is 9.36 Å². The second-order valence-electron chi connectivity index (χ2n) is 7.16. The molecule has 0 fully saturated rings. The van der Waals surface area contributed by atoms with Crippen molar-refractivity contribution in [1.82, 2.24) is 9.55 Å². The van der Waals surface area contributed by atoms with E-state index in [0.29, 0.717) is 18.9 Å². The molecule has 0 saturated heterocycles. The van der Waals surface area contributed by atoms with E-state index in [1.165, 1.54) is 0 Å². The molecular weight excluding hydrogens is 388 g/mol. The number of nitrogens with zero attached hydrogens (tertiary/aromatic N) is 2. The van der Waals surface area contributed by atoms with Gasteiger partial charge >= 0.3 is 0 Å². The maximum Gasteiger partial charge on any atom is 0.257 e. The molecule has 0 amide bonds. The summed E-state index contributed by atoms with van der Waals surface area (Å²) in [6, 6.07) is 18.3. The van der Waals surface area contributed by atoms with Crippen LogP contribution in [0.5, 0.6) is 0 Å². The lowest BCUT2D eigenvalue weighted by atomic mass is 9.98. The molecule has 2 aromatic carbocycles. The van der Waals surface area contributed by atoms with Crippen LogP contribution in [0.25, 0.3) is 11.4 Å². The summed E-state index contributed by atoms with van der Waals surface area (Å²) in [6.07, 6.45) is 0.605. The largest absolute Gasteiger partial charge is 0.288 e. The third kappa shape index (κ3) is 2.92. The van der Waals surface area contributed by atoms with Gasteiger partial charge in [0.25, 0.3) is 5.56 Å². The fourth-order valence-corrected chi connectivity index (χ4v) is 3.90. The molecule has 1 unspecified atom stereocenters. The predicted molar refractivity (Wildman–Crippen MR) is 109 cm³/mol. The van der Waals surface area contributed by atoms with E-state index in [1.807, 2.05) is 34.9 Å². The van der Waals surface area contributed by atoms with Crippen molar-refractivity contribution in [3.05, 3.63) is 87.3 Å². The molecular formula is C22H21BrN2O. The molecule has 132 valence electrons. The van der Waals surface area contributed by atoms with Crippen LogP contribution in [0, 0.1) is 5.92 Å². The highest BCUT2D eigenvalue weighted by Gasteiger charge is 2.28. The monoisotopic (exact) mass is 408 g/mol. The maximum atomic E-state index is 13.4. The van der Waals surface area contributed by atoms with Crippen LogP contribution in [0.4, 0.5) is 0 Å². The lowest BCUT2D eigenvalue weighted by Crippen LogP contribution is -2.27. The van der Waals surface area contributed by atoms with E-state index in [0.717, 1.165) is 33.8 Å². The van der Waals surface area contributed by atoms with Gasteiger partial charge in [-0.1, -0.05) is 84.4 Å². The molecule has 0 radical (unpaired) electrons. The number of halogens is 1. The lowest BCUT2D eigenvalue weighted by molar-refractivity contribution is 0.616. The van der Waals surface area contributed by atoms with Gasteiger partial charge in [0.05, 0.1) is 17.1 Å². The van der Waals surface area contributed by atoms with Gasteiger partial charge in [0.1, 0.15) is 5.82 Å². The summed E-state index contributed by atoms with van der Waals surface area (Å²) in [6.45, 7) is 4.90. The zero-order valence-electron chi connectivity index (χ0n) is 14.9. The van der Waals surface area contributed by atoms with Crippen molar-refractivity contribution < 1.29 is 0 Å². The van der Waals surface area contributed by atoms with Gasteiger partial charge in [0, 0.05) is 17.5 Å². The van der Waals surface area contributed by atoms with Crippen LogP contribution in [-0.4, -0.2) is 9.55 Å². The highest BCUT2D eigenvalue weighted by molar-refractivity contribution is 9.09. The molecule has 1 aromatic heterocycles. The van der Waals surface area contributed by atoms with Gasteiger partial charge in [0.15, 0.2) is 0 Å². The summed E-state index contributed by atoms with van der Waals surface area (Å²) in [7, 11) is 0. The second-order valence-corrected chi connectivity index (χ2v) is 8.14. The van der Waals surface area contributed by atoms with Crippen LogP contribution in [0.1, 0.15) is 41.1 Å². The van der Waals surface area contributed by atoms with Gasteiger partial charge in [-0.05, 0) is 17.0 Å². The van der Waals surface area contributed by atoms with E-state index >= 15 is 0 Å². The summed E-state index contributed by atoms with van der Waals surface area (Å²) in [5.41, 5.74) is 5.11. The molecule has 0 aliphatic carbocycles. The predicted octanol–water partition coefficient (Wildman–Crippen LogP) is 4.95. The van der Waals surface area contributed by atoms with E-state index in [9.17, 15) is 4.79 Å². The number of alkyl halides is 1. The van der Waals surface area contributed by atoms with Crippen LogP contribution in [-0.2, 0) is 13.0 Å². The first-order valence-corrected chi connectivity index (χ1v) is 9.87. The number of hydrogen-bond acceptors (Lipinski definition) is 2. The van der Waals surface area contributed by atoms with Crippen molar-refractivity contribution in [3.8, 4) is 11.4 Å². The van der Waals surface area contributed by atoms with E-state index in [4.69, 9.17) is 4.98 Å². The van der Waals surface area contributed by atoms with Gasteiger partial charge in [-0.25, -0.2) is 4.98 Å². The summed E-state index contributed by atoms with van der Waals surface area (Å²) in [4.78, 5) is 18.4. The van der Waals surface area contributed by atoms with Crippen molar-refractivity contribution >= 4 is 15.9 Å². The molecule has 1 aliphatic heterocycles. The summed E-state index contributed by atoms with van der Waals surface area (Å²) >= 11 is 3.79. The Balaban J connectivity index is 1.91. The molecule has 0 saturated carbocycles. The molecule has 3 aromatic rings. The van der Waals surface area contributed by atoms with Crippen molar-refractivity contribution in [2.75, 3.05) is 0 Å². The highest BCUT2D eigenvalue weighted by atomic mass is 79.9. The summed E-state index contributed by atoms with van der Waals surface area (Å²) in [5, 5.41) is 0. The Morgan fingerprint density at radius 1 is 1.08 bits per heavy atom. The van der Waals surface area contributed by atoms with Gasteiger partial charge in [-0.2, -0.15) is 0 Å². The van der Waals surface area contributed by atoms with Gasteiger partial charge in [0.2, 0.25) is 0 Å². The van der Waals surface area contributed by atoms with E-state index < -0.39 is 0 Å². The van der Waals surface area contributed by atoms with Gasteiger partial charge < -0.3 is 0 Å². The van der Waals surface area contributed by atoms with Crippen molar-refractivity contribution in [2.24, 2.45) is 5.92 Å². The lowest BCUT2D eigenvalue weighted by Gasteiger charge is -2.19. The Hall–Kier alpha value is -2.20. The number of aromatic nitrogens is 2. The van der Waals surface area contributed by atoms with Crippen LogP contribution in [0.3, 0.4) is 0 Å². The normalized spacial score (nSPS) is 13.5. The Kier molecular flexibility index (Phi) is 4.53. The Morgan fingerprint density at radius 2 is 1.77 bits per heavy atom. The minimum absolute atomic E-state index is 0.0487. The van der Waals surface area contributed by atoms with Crippen LogP contribution in [0.15, 0.2) is 59.4 Å². The second kappa shape index (κ2) is 6.84. The molecule has 2 heterocycles. The summed E-state index contributed by atoms with van der Waals surface area (Å²) < 4.78 is 1.83. The number of hydrogen-bond donors (Lipinski definition) is 0. The van der Waals surface area contributed by atoms with Gasteiger partial charge in [-0.15, -0.1) is 0 Å². The zero-order chi connectivity index (χ0) is 18.3. The van der Waals surface area contributed by atoms with E-state index in [1.54, 1.807) is 0 Å². The third-order valence-corrected chi connectivity index (χ3v) is 6.44. The maximum absolute atomic E-state index is 13.4. The molecule has 0 bridgehead atoms. The molecule has 0 N–H and O–H groups in total. The molecule has 26 heavy (non-hydrogen) atoms. The van der Waals surface area contributed by atoms with Crippen molar-refractivity contribution in [3.63, 3.8) is 0 Å². The highest BCUT2D eigenvalue weighted by Crippen LogP contribution is 2.35. The fourth-order valence-electron chi connectivity index (χ4n) is 3.52. The molecule has 4 rings (SSSR count). The Labute approximate surface area is 161 Å². The average molecular weight is 409 g/mol. The minimum Gasteiger partial charge on any atom is -0.288 e. The van der Waals surface area contributed by atoms with E-state index in [-0.39, 0.29) is 10.4 Å². The topological polar surface area (TPSA) is 34.9 Å². The van der Waals surface area contributed by atoms with Crippen LogP contribution < -0.4 is 5.56 Å². The number of benzene rings is 2. The van der Waals surface area contributed by atoms with Crippen molar-refractivity contribution in [1.29, 1.82) is 0 Å². The first-order valence-electron chi connectivity index (χ1n) is 8.96. The number of fused-ring (bicyclic) bond motifs is 3. The smallest absolute Gasteiger partial charge is 0.257 e. The number of rotatable bonds is 4. The summed E-state index contributed by atoms with van der Waals surface area (Å²) in [5.74, 6) is 1.14. The first kappa shape index (κ1) is 17.2. The Morgan fingerprint density at radius 3 is 2.50 bits per heavy atom. The molecule has 3 nitrogen and oxygen atoms in total. The molecule has 4 heteroatoms. The zero-order valence-corrected chi connectivity index (χ0v) is 16.5. The quantitative estimate of drug-likeness (QED) is 0.447. The minimum atomic E-state index is 0.0487. The van der Waals surface area contributed by atoms with E-state index in [2.05, 4.69) is 54.0 Å². The average Bonchev–Trinajstić information content (AvgIpc) is 3.03. The van der Waals surface area contributed by atoms with Crippen LogP contribution in [0.2, 0.25) is 0 Å². The third-order valence-electron chi connectivity index (χ3n) is 4.95. The first-order chi connectivity index (χ1) is 12.6. The fraction of sp³-hybridized carbons (Fsp3) is 0.273. The standard InChI is InChI=1S/C22H21BrN2O/c1-14(2)19(23)20-18(12-15-8-4-3-5-9-15)22(26)25-13-16-10-6-7-11-17(16)21(25)24-20/h3-11,14,19H,12-13H2,1-2H3. The molecule has 1 atom stereocenters. The van der Waals surface area contributed by atoms with Crippen molar-refractivity contribution in [2.45, 2.75) is 31.6 Å². The SMILES string of the molecule is CC(C)C(Br)c1nc2n(c(=O)c1Cc1ccccc1)Cc1ccccc1-2. The molecule has 1 aliphatic rings. The van der Waals surface area contributed by atoms with Crippen LogP contribution >= 0.6 is 15.9 Å². The Bertz CT molecular complexity index is 1010.